The Hall–Kier alpha value is -2.17. The molecule has 0 spiro atoms. The number of carbonyl (C=O) groups excluding carboxylic acids is 1. The second kappa shape index (κ2) is 7.40. The maximum Gasteiger partial charge on any atom is 0.222 e. The molecule has 2 aromatic rings. The fourth-order valence-electron chi connectivity index (χ4n) is 3.26. The van der Waals surface area contributed by atoms with Gasteiger partial charge in [0.2, 0.25) is 5.91 Å². The van der Waals surface area contributed by atoms with E-state index < -0.39 is 0 Å². The smallest absolute Gasteiger partial charge is 0.222 e. The van der Waals surface area contributed by atoms with E-state index in [9.17, 15) is 4.79 Å². The predicted octanol–water partition coefficient (Wildman–Crippen LogP) is 3.13. The molecule has 2 heterocycles. The molecule has 1 aromatic heterocycles. The first-order chi connectivity index (χ1) is 11.3. The average Bonchev–Trinajstić information content (AvgIpc) is 3.09. The number of piperidine rings is 1. The molecule has 1 atom stereocenters. The van der Waals surface area contributed by atoms with Crippen LogP contribution in [0.15, 0.2) is 36.5 Å². The fraction of sp³-hybridized carbons (Fsp3) is 0.500. The van der Waals surface area contributed by atoms with Gasteiger partial charge in [-0.1, -0.05) is 42.5 Å². The summed E-state index contributed by atoms with van der Waals surface area (Å²) in [6, 6.07) is 10.4. The van der Waals surface area contributed by atoms with Crippen molar-refractivity contribution in [2.45, 2.75) is 51.6 Å². The molecule has 3 rings (SSSR count). The maximum absolute atomic E-state index is 12.1. The molecule has 0 saturated carbocycles. The molecular formula is C18H24N4O. The van der Waals surface area contributed by atoms with E-state index in [1.807, 2.05) is 48.1 Å². The zero-order valence-electron chi connectivity index (χ0n) is 13.7. The summed E-state index contributed by atoms with van der Waals surface area (Å²) in [5, 5.41) is 8.48. The molecule has 23 heavy (non-hydrogen) atoms. The Morgan fingerprint density at radius 1 is 1.26 bits per heavy atom. The zero-order valence-corrected chi connectivity index (χ0v) is 13.7. The van der Waals surface area contributed by atoms with Crippen LogP contribution in [-0.2, 0) is 11.3 Å². The lowest BCUT2D eigenvalue weighted by Gasteiger charge is -2.35. The van der Waals surface area contributed by atoms with Gasteiger partial charge in [-0.25, -0.2) is 0 Å². The number of carbonyl (C=O) groups is 1. The molecule has 1 aliphatic rings. The molecule has 0 aliphatic carbocycles. The average molecular weight is 312 g/mol. The first kappa shape index (κ1) is 15.7. The number of hydrogen-bond acceptors (Lipinski definition) is 3. The molecule has 1 aromatic carbocycles. The largest absolute Gasteiger partial charge is 0.340 e. The normalized spacial score (nSPS) is 18.1. The summed E-state index contributed by atoms with van der Waals surface area (Å²) in [4.78, 5) is 14.1. The topological polar surface area (TPSA) is 51.0 Å². The van der Waals surface area contributed by atoms with Crippen molar-refractivity contribution < 1.29 is 4.79 Å². The number of likely N-dealkylation sites (tertiary alicyclic amines) is 1. The quantitative estimate of drug-likeness (QED) is 0.852. The first-order valence-corrected chi connectivity index (χ1v) is 8.53. The van der Waals surface area contributed by atoms with Gasteiger partial charge < -0.3 is 4.90 Å². The van der Waals surface area contributed by atoms with Crippen molar-refractivity contribution in [3.63, 3.8) is 0 Å². The van der Waals surface area contributed by atoms with Crippen LogP contribution in [0.3, 0.4) is 0 Å². The highest BCUT2D eigenvalue weighted by atomic mass is 16.2. The third-order valence-corrected chi connectivity index (χ3v) is 4.55. The lowest BCUT2D eigenvalue weighted by atomic mass is 9.99. The number of aromatic nitrogens is 3. The third-order valence-electron chi connectivity index (χ3n) is 4.55. The Kier molecular flexibility index (Phi) is 5.05. The maximum atomic E-state index is 12.1. The Morgan fingerprint density at radius 2 is 2.09 bits per heavy atom. The predicted molar refractivity (Wildman–Crippen MR) is 89.7 cm³/mol. The van der Waals surface area contributed by atoms with Gasteiger partial charge in [-0.3, -0.25) is 9.48 Å². The summed E-state index contributed by atoms with van der Waals surface area (Å²) in [7, 11) is 0. The van der Waals surface area contributed by atoms with Gasteiger partial charge in [0.15, 0.2) is 0 Å². The molecule has 122 valence electrons. The highest BCUT2D eigenvalue weighted by molar-refractivity contribution is 5.76. The second-order valence-corrected chi connectivity index (χ2v) is 6.11. The van der Waals surface area contributed by atoms with Crippen LogP contribution in [0, 0.1) is 0 Å². The molecule has 5 nitrogen and oxygen atoms in total. The molecule has 1 fully saturated rings. The summed E-state index contributed by atoms with van der Waals surface area (Å²) in [6.45, 7) is 3.65. The fourth-order valence-corrected chi connectivity index (χ4v) is 3.26. The van der Waals surface area contributed by atoms with Crippen LogP contribution in [-0.4, -0.2) is 38.4 Å². The van der Waals surface area contributed by atoms with Gasteiger partial charge in [0.05, 0.1) is 6.20 Å². The number of hydrogen-bond donors (Lipinski definition) is 0. The van der Waals surface area contributed by atoms with Crippen molar-refractivity contribution in [1.82, 2.24) is 19.9 Å². The van der Waals surface area contributed by atoms with Crippen molar-refractivity contribution in [3.05, 3.63) is 36.5 Å². The van der Waals surface area contributed by atoms with Crippen molar-refractivity contribution in [2.24, 2.45) is 0 Å². The first-order valence-electron chi connectivity index (χ1n) is 8.53. The number of amides is 1. The van der Waals surface area contributed by atoms with E-state index in [1.54, 1.807) is 0 Å². The number of rotatable bonds is 5. The zero-order chi connectivity index (χ0) is 16.1. The van der Waals surface area contributed by atoms with Gasteiger partial charge >= 0.3 is 0 Å². The van der Waals surface area contributed by atoms with Gasteiger partial charge in [0.1, 0.15) is 5.69 Å². The lowest BCUT2D eigenvalue weighted by molar-refractivity contribution is -0.134. The van der Waals surface area contributed by atoms with Crippen molar-refractivity contribution in [3.8, 4) is 11.3 Å². The van der Waals surface area contributed by atoms with Gasteiger partial charge in [0.25, 0.3) is 0 Å². The highest BCUT2D eigenvalue weighted by Gasteiger charge is 2.25. The van der Waals surface area contributed by atoms with E-state index in [-0.39, 0.29) is 5.91 Å². The molecular weight excluding hydrogens is 288 g/mol. The Labute approximate surface area is 137 Å². The SMILES string of the molecule is CCC(=O)N1CCCCC1CCn1cc(-c2ccccc2)nn1. The summed E-state index contributed by atoms with van der Waals surface area (Å²) in [5.41, 5.74) is 1.98. The third kappa shape index (κ3) is 3.78. The minimum Gasteiger partial charge on any atom is -0.340 e. The number of aryl methyl sites for hydroxylation is 1. The Morgan fingerprint density at radius 3 is 2.87 bits per heavy atom. The molecule has 5 heteroatoms. The van der Waals surface area contributed by atoms with Crippen LogP contribution < -0.4 is 0 Å². The van der Waals surface area contributed by atoms with Crippen LogP contribution in [0.5, 0.6) is 0 Å². The van der Waals surface area contributed by atoms with Crippen molar-refractivity contribution in [2.75, 3.05) is 6.54 Å². The standard InChI is InChI=1S/C18H24N4O/c1-2-18(23)22-12-7-6-10-16(22)11-13-21-14-17(19-20-21)15-8-4-3-5-9-15/h3-5,8-9,14,16H,2,6-7,10-13H2,1H3. The van der Waals surface area contributed by atoms with Crippen LogP contribution >= 0.6 is 0 Å². The van der Waals surface area contributed by atoms with E-state index in [1.165, 1.54) is 6.42 Å². The molecule has 0 bridgehead atoms. The molecule has 0 N–H and O–H groups in total. The van der Waals surface area contributed by atoms with Crippen LogP contribution in [0.1, 0.15) is 39.0 Å². The van der Waals surface area contributed by atoms with E-state index >= 15 is 0 Å². The van der Waals surface area contributed by atoms with E-state index in [0.717, 1.165) is 43.6 Å². The molecule has 1 unspecified atom stereocenters. The Bertz CT molecular complexity index is 637. The number of benzene rings is 1. The summed E-state index contributed by atoms with van der Waals surface area (Å²) >= 11 is 0. The van der Waals surface area contributed by atoms with Gasteiger partial charge in [-0.2, -0.15) is 0 Å². The molecule has 1 aliphatic heterocycles. The van der Waals surface area contributed by atoms with Gasteiger partial charge in [-0.05, 0) is 25.7 Å². The van der Waals surface area contributed by atoms with E-state index in [0.29, 0.717) is 12.5 Å². The lowest BCUT2D eigenvalue weighted by Crippen LogP contribution is -2.43. The summed E-state index contributed by atoms with van der Waals surface area (Å²) < 4.78 is 1.89. The van der Waals surface area contributed by atoms with Crippen LogP contribution in [0.4, 0.5) is 0 Å². The van der Waals surface area contributed by atoms with Crippen molar-refractivity contribution >= 4 is 5.91 Å². The highest BCUT2D eigenvalue weighted by Crippen LogP contribution is 2.21. The van der Waals surface area contributed by atoms with E-state index in [2.05, 4.69) is 15.2 Å². The molecule has 1 saturated heterocycles. The van der Waals surface area contributed by atoms with Crippen molar-refractivity contribution in [1.29, 1.82) is 0 Å². The van der Waals surface area contributed by atoms with Gasteiger partial charge in [0, 0.05) is 31.1 Å². The summed E-state index contributed by atoms with van der Waals surface area (Å²) in [5.74, 6) is 0.276. The van der Waals surface area contributed by atoms with E-state index in [4.69, 9.17) is 0 Å². The van der Waals surface area contributed by atoms with Crippen LogP contribution in [0.2, 0.25) is 0 Å². The Balaban J connectivity index is 1.61. The molecule has 0 radical (unpaired) electrons. The van der Waals surface area contributed by atoms with Gasteiger partial charge in [-0.15, -0.1) is 5.10 Å². The van der Waals surface area contributed by atoms with Crippen LogP contribution in [0.25, 0.3) is 11.3 Å². The molecule has 1 amide bonds. The minimum atomic E-state index is 0.276. The summed E-state index contributed by atoms with van der Waals surface area (Å²) in [6.07, 6.45) is 6.98. The number of nitrogens with zero attached hydrogens (tertiary/aromatic N) is 4. The second-order valence-electron chi connectivity index (χ2n) is 6.11. The minimum absolute atomic E-state index is 0.276. The monoisotopic (exact) mass is 312 g/mol.